The molecule has 1 spiro atoms. The zero-order chi connectivity index (χ0) is 15.8. The predicted octanol–water partition coefficient (Wildman–Crippen LogP) is 4.33. The van der Waals surface area contributed by atoms with Gasteiger partial charge in [-0.15, -0.1) is 0 Å². The first-order valence-electron chi connectivity index (χ1n) is 9.34. The zero-order valence-electron chi connectivity index (χ0n) is 14.0. The Morgan fingerprint density at radius 2 is 1.83 bits per heavy atom. The van der Waals surface area contributed by atoms with Gasteiger partial charge in [-0.1, -0.05) is 24.6 Å². The fraction of sp³-hybridized carbons (Fsp3) is 0.700. The second kappa shape index (κ2) is 6.18. The minimum absolute atomic E-state index is 0.0315. The van der Waals surface area contributed by atoms with Gasteiger partial charge in [0, 0.05) is 24.6 Å². The van der Waals surface area contributed by atoms with Crippen molar-refractivity contribution in [2.24, 2.45) is 0 Å². The van der Waals surface area contributed by atoms with Gasteiger partial charge in [-0.3, -0.25) is 0 Å². The van der Waals surface area contributed by atoms with Gasteiger partial charge in [0.05, 0.1) is 5.60 Å². The Morgan fingerprint density at radius 3 is 2.43 bits per heavy atom. The predicted molar refractivity (Wildman–Crippen MR) is 90.1 cm³/mol. The second-order valence-corrected chi connectivity index (χ2v) is 7.90. The Morgan fingerprint density at radius 1 is 1.04 bits per heavy atom. The number of hydrogen-bond donors (Lipinski definition) is 1. The molecular weight excluding hydrogens is 289 g/mol. The average molecular weight is 317 g/mol. The van der Waals surface area contributed by atoms with Crippen molar-refractivity contribution in [2.45, 2.75) is 74.8 Å². The molecule has 2 saturated carbocycles. The van der Waals surface area contributed by atoms with E-state index in [0.717, 1.165) is 31.6 Å². The molecule has 3 aliphatic rings. The maximum atomic E-state index is 14.2. The molecule has 0 amide bonds. The van der Waals surface area contributed by atoms with Crippen LogP contribution in [0.25, 0.3) is 0 Å². The first kappa shape index (κ1) is 15.6. The molecule has 0 radical (unpaired) electrons. The highest BCUT2D eigenvalue weighted by molar-refractivity contribution is 5.30. The summed E-state index contributed by atoms with van der Waals surface area (Å²) in [6.45, 7) is 1.88. The Kier molecular flexibility index (Phi) is 4.19. The summed E-state index contributed by atoms with van der Waals surface area (Å²) in [7, 11) is 0. The summed E-state index contributed by atoms with van der Waals surface area (Å²) < 4.78 is 20.2. The molecule has 0 aromatic heterocycles. The van der Waals surface area contributed by atoms with Crippen LogP contribution in [0.4, 0.5) is 4.39 Å². The van der Waals surface area contributed by atoms with Gasteiger partial charge >= 0.3 is 0 Å². The molecule has 1 aromatic carbocycles. The molecule has 3 heteroatoms. The smallest absolute Gasteiger partial charge is 0.127 e. The van der Waals surface area contributed by atoms with Crippen molar-refractivity contribution < 1.29 is 9.13 Å². The maximum absolute atomic E-state index is 14.2. The third-order valence-electron chi connectivity index (χ3n) is 6.57. The van der Waals surface area contributed by atoms with Crippen molar-refractivity contribution in [1.29, 1.82) is 0 Å². The fourth-order valence-corrected chi connectivity index (χ4v) is 4.87. The second-order valence-electron chi connectivity index (χ2n) is 7.90. The average Bonchev–Trinajstić information content (AvgIpc) is 2.98. The molecule has 126 valence electrons. The molecular formula is C20H28FNO. The Bertz CT molecular complexity index is 538. The van der Waals surface area contributed by atoms with Crippen molar-refractivity contribution in [1.82, 2.24) is 5.32 Å². The largest absolute Gasteiger partial charge is 0.375 e. The highest BCUT2D eigenvalue weighted by Gasteiger charge is 2.42. The minimum atomic E-state index is -0.0315. The highest BCUT2D eigenvalue weighted by Crippen LogP contribution is 2.45. The molecule has 1 aliphatic heterocycles. The van der Waals surface area contributed by atoms with Gasteiger partial charge in [-0.25, -0.2) is 4.39 Å². The minimum Gasteiger partial charge on any atom is -0.375 e. The van der Waals surface area contributed by atoms with E-state index in [-0.39, 0.29) is 16.8 Å². The molecule has 0 bridgehead atoms. The number of ether oxygens (including phenoxy) is 1. The molecule has 2 aliphatic carbocycles. The van der Waals surface area contributed by atoms with E-state index in [1.807, 2.05) is 12.1 Å². The van der Waals surface area contributed by atoms with Crippen LogP contribution in [0.2, 0.25) is 0 Å². The van der Waals surface area contributed by atoms with Crippen LogP contribution in [-0.4, -0.2) is 24.8 Å². The molecule has 1 N–H and O–H groups in total. The Hall–Kier alpha value is -0.930. The SMILES string of the molecule is Fc1ccccc1C1(CNC2CCC3(CCCO3)CC2)CCC1. The third kappa shape index (κ3) is 2.94. The summed E-state index contributed by atoms with van der Waals surface area (Å²) in [6, 6.07) is 7.94. The van der Waals surface area contributed by atoms with Gasteiger partial charge in [0.15, 0.2) is 0 Å². The maximum Gasteiger partial charge on any atom is 0.127 e. The monoisotopic (exact) mass is 317 g/mol. The molecule has 0 atom stereocenters. The van der Waals surface area contributed by atoms with Crippen LogP contribution in [0.1, 0.15) is 63.4 Å². The van der Waals surface area contributed by atoms with Crippen LogP contribution in [0.15, 0.2) is 24.3 Å². The van der Waals surface area contributed by atoms with Crippen molar-refractivity contribution in [3.05, 3.63) is 35.6 Å². The number of rotatable bonds is 4. The van der Waals surface area contributed by atoms with Crippen LogP contribution in [0.5, 0.6) is 0 Å². The van der Waals surface area contributed by atoms with Crippen molar-refractivity contribution in [2.75, 3.05) is 13.2 Å². The quantitative estimate of drug-likeness (QED) is 0.892. The Balaban J connectivity index is 1.36. The summed E-state index contributed by atoms with van der Waals surface area (Å²) in [5, 5.41) is 3.77. The van der Waals surface area contributed by atoms with Crippen LogP contribution >= 0.6 is 0 Å². The van der Waals surface area contributed by atoms with Gasteiger partial charge in [-0.05, 0) is 63.0 Å². The van der Waals surface area contributed by atoms with E-state index in [1.165, 1.54) is 44.9 Å². The zero-order valence-corrected chi connectivity index (χ0v) is 14.0. The van der Waals surface area contributed by atoms with Gasteiger partial charge in [0.25, 0.3) is 0 Å². The summed E-state index contributed by atoms with van der Waals surface area (Å²) in [5.41, 5.74) is 1.16. The molecule has 3 fully saturated rings. The lowest BCUT2D eigenvalue weighted by Gasteiger charge is -2.45. The number of hydrogen-bond acceptors (Lipinski definition) is 2. The van der Waals surface area contributed by atoms with E-state index in [1.54, 1.807) is 12.1 Å². The van der Waals surface area contributed by atoms with Crippen LogP contribution < -0.4 is 5.32 Å². The highest BCUT2D eigenvalue weighted by atomic mass is 19.1. The van der Waals surface area contributed by atoms with Crippen LogP contribution in [0.3, 0.4) is 0 Å². The molecule has 4 rings (SSSR count). The van der Waals surface area contributed by atoms with Crippen molar-refractivity contribution in [3.63, 3.8) is 0 Å². The van der Waals surface area contributed by atoms with E-state index in [4.69, 9.17) is 4.74 Å². The fourth-order valence-electron chi connectivity index (χ4n) is 4.87. The van der Waals surface area contributed by atoms with Crippen molar-refractivity contribution in [3.8, 4) is 0 Å². The topological polar surface area (TPSA) is 21.3 Å². The lowest BCUT2D eigenvalue weighted by Crippen LogP contribution is -2.49. The number of benzene rings is 1. The standard InChI is InChI=1S/C20H28FNO/c21-18-6-2-1-5-17(18)19(9-3-10-19)15-22-16-7-12-20(13-8-16)11-4-14-23-20/h1-2,5-6,16,22H,3-4,7-15H2. The van der Waals surface area contributed by atoms with Crippen LogP contribution in [0, 0.1) is 5.82 Å². The lowest BCUT2D eigenvalue weighted by molar-refractivity contribution is -0.0307. The van der Waals surface area contributed by atoms with E-state index in [0.29, 0.717) is 6.04 Å². The van der Waals surface area contributed by atoms with E-state index in [9.17, 15) is 4.39 Å². The van der Waals surface area contributed by atoms with E-state index in [2.05, 4.69) is 5.32 Å². The lowest BCUT2D eigenvalue weighted by atomic mass is 9.64. The summed E-state index contributed by atoms with van der Waals surface area (Å²) in [5.74, 6) is -0.0315. The number of nitrogens with one attached hydrogen (secondary N) is 1. The molecule has 1 heterocycles. The summed E-state index contributed by atoms with van der Waals surface area (Å²) >= 11 is 0. The molecule has 1 aromatic rings. The number of halogens is 1. The van der Waals surface area contributed by atoms with E-state index >= 15 is 0 Å². The summed E-state index contributed by atoms with van der Waals surface area (Å²) in [6.07, 6.45) is 10.7. The van der Waals surface area contributed by atoms with Crippen LogP contribution in [-0.2, 0) is 10.2 Å². The van der Waals surface area contributed by atoms with Gasteiger partial charge in [-0.2, -0.15) is 0 Å². The molecule has 2 nitrogen and oxygen atoms in total. The molecule has 0 unspecified atom stereocenters. The summed E-state index contributed by atoms with van der Waals surface area (Å²) in [4.78, 5) is 0. The van der Waals surface area contributed by atoms with Gasteiger partial charge in [0.2, 0.25) is 0 Å². The van der Waals surface area contributed by atoms with Crippen molar-refractivity contribution >= 4 is 0 Å². The first-order valence-corrected chi connectivity index (χ1v) is 9.34. The molecule has 23 heavy (non-hydrogen) atoms. The van der Waals surface area contributed by atoms with Gasteiger partial charge < -0.3 is 10.1 Å². The van der Waals surface area contributed by atoms with Gasteiger partial charge in [0.1, 0.15) is 5.82 Å². The normalized spacial score (nSPS) is 32.8. The van der Waals surface area contributed by atoms with E-state index < -0.39 is 0 Å². The first-order chi connectivity index (χ1) is 11.2. The molecule has 1 saturated heterocycles. The Labute approximate surface area is 138 Å². The third-order valence-corrected chi connectivity index (χ3v) is 6.57.